The number of nitrogens with one attached hydrogen (secondary N) is 2. The number of hydrogen-bond donors (Lipinski definition) is 4. The first-order chi connectivity index (χ1) is 14.4. The van der Waals surface area contributed by atoms with E-state index in [1.165, 1.54) is 6.07 Å². The van der Waals surface area contributed by atoms with Crippen LogP contribution in [0.5, 0.6) is 5.88 Å². The maximum Gasteiger partial charge on any atom is 0.309 e. The van der Waals surface area contributed by atoms with Crippen LogP contribution in [0.4, 0.5) is 0 Å². The SMILES string of the molecule is O=C(N[C@@H](Cc1ccc(-c2ccccc2)cc1)CC1(C(=O)O)CC1)c1cc(O)n[nH]1. The molecule has 1 saturated carbocycles. The van der Waals surface area contributed by atoms with Gasteiger partial charge in [-0.15, -0.1) is 5.10 Å². The van der Waals surface area contributed by atoms with Crippen molar-refractivity contribution in [2.45, 2.75) is 31.7 Å². The Morgan fingerprint density at radius 3 is 2.30 bits per heavy atom. The van der Waals surface area contributed by atoms with Gasteiger partial charge in [-0.1, -0.05) is 54.6 Å². The van der Waals surface area contributed by atoms with Crippen molar-refractivity contribution in [3.63, 3.8) is 0 Å². The number of amides is 1. The van der Waals surface area contributed by atoms with Crippen LogP contribution in [0.3, 0.4) is 0 Å². The number of carboxylic acid groups (broad SMARTS) is 1. The van der Waals surface area contributed by atoms with Crippen molar-refractivity contribution in [3.8, 4) is 17.0 Å². The van der Waals surface area contributed by atoms with E-state index in [1.54, 1.807) is 0 Å². The van der Waals surface area contributed by atoms with E-state index >= 15 is 0 Å². The van der Waals surface area contributed by atoms with E-state index < -0.39 is 17.3 Å². The lowest BCUT2D eigenvalue weighted by Crippen LogP contribution is -2.39. The summed E-state index contributed by atoms with van der Waals surface area (Å²) in [5.74, 6) is -1.51. The minimum Gasteiger partial charge on any atom is -0.492 e. The van der Waals surface area contributed by atoms with Crippen LogP contribution in [0.1, 0.15) is 35.3 Å². The van der Waals surface area contributed by atoms with E-state index in [-0.39, 0.29) is 17.6 Å². The molecule has 4 rings (SSSR count). The zero-order chi connectivity index (χ0) is 21.1. The minimum atomic E-state index is -0.819. The van der Waals surface area contributed by atoms with Gasteiger partial charge in [-0.3, -0.25) is 14.7 Å². The van der Waals surface area contributed by atoms with Gasteiger partial charge in [0.2, 0.25) is 5.88 Å². The number of benzene rings is 2. The number of carbonyl (C=O) groups excluding carboxylic acids is 1. The number of carbonyl (C=O) groups is 2. The summed E-state index contributed by atoms with van der Waals surface area (Å²) in [4.78, 5) is 24.2. The van der Waals surface area contributed by atoms with Gasteiger partial charge < -0.3 is 15.5 Å². The number of hydrogen-bond acceptors (Lipinski definition) is 4. The van der Waals surface area contributed by atoms with Crippen LogP contribution in [0, 0.1) is 5.41 Å². The first kappa shape index (κ1) is 19.7. The molecule has 0 bridgehead atoms. The van der Waals surface area contributed by atoms with Crippen LogP contribution in [0.2, 0.25) is 0 Å². The van der Waals surface area contributed by atoms with Crippen molar-refractivity contribution in [2.75, 3.05) is 0 Å². The van der Waals surface area contributed by atoms with Gasteiger partial charge in [-0.05, 0) is 42.4 Å². The van der Waals surface area contributed by atoms with Gasteiger partial charge in [0, 0.05) is 12.1 Å². The molecule has 1 aromatic heterocycles. The van der Waals surface area contributed by atoms with Crippen molar-refractivity contribution in [3.05, 3.63) is 71.9 Å². The van der Waals surface area contributed by atoms with Gasteiger partial charge >= 0.3 is 5.97 Å². The third-order valence-corrected chi connectivity index (χ3v) is 5.63. The zero-order valence-electron chi connectivity index (χ0n) is 16.3. The predicted molar refractivity (Wildman–Crippen MR) is 111 cm³/mol. The van der Waals surface area contributed by atoms with Crippen LogP contribution < -0.4 is 5.32 Å². The van der Waals surface area contributed by atoms with Crippen LogP contribution in [-0.4, -0.2) is 38.3 Å². The lowest BCUT2D eigenvalue weighted by atomic mass is 9.92. The normalized spacial score (nSPS) is 15.3. The number of aromatic amines is 1. The Morgan fingerprint density at radius 1 is 1.07 bits per heavy atom. The van der Waals surface area contributed by atoms with Gasteiger partial charge in [0.15, 0.2) is 0 Å². The van der Waals surface area contributed by atoms with Gasteiger partial charge in [0.05, 0.1) is 5.41 Å². The molecule has 1 fully saturated rings. The number of H-pyrrole nitrogens is 1. The Balaban J connectivity index is 1.50. The highest BCUT2D eigenvalue weighted by Crippen LogP contribution is 2.50. The topological polar surface area (TPSA) is 115 Å². The zero-order valence-corrected chi connectivity index (χ0v) is 16.3. The number of aliphatic carboxylic acids is 1. The largest absolute Gasteiger partial charge is 0.492 e. The third kappa shape index (κ3) is 4.35. The van der Waals surface area contributed by atoms with E-state index in [2.05, 4.69) is 15.5 Å². The monoisotopic (exact) mass is 405 g/mol. The van der Waals surface area contributed by atoms with Crippen molar-refractivity contribution in [1.29, 1.82) is 0 Å². The Hall–Kier alpha value is -3.61. The van der Waals surface area contributed by atoms with Crippen LogP contribution >= 0.6 is 0 Å². The van der Waals surface area contributed by atoms with Gasteiger partial charge in [-0.25, -0.2) is 0 Å². The maximum absolute atomic E-state index is 12.5. The molecule has 0 aliphatic heterocycles. The summed E-state index contributed by atoms with van der Waals surface area (Å²) in [6.07, 6.45) is 2.10. The molecule has 154 valence electrons. The van der Waals surface area contributed by atoms with Crippen molar-refractivity contribution < 1.29 is 19.8 Å². The molecular weight excluding hydrogens is 382 g/mol. The highest BCUT2D eigenvalue weighted by Gasteiger charge is 2.51. The summed E-state index contributed by atoms with van der Waals surface area (Å²) in [5, 5.41) is 27.9. The molecule has 2 aromatic carbocycles. The van der Waals surface area contributed by atoms with Gasteiger partial charge in [-0.2, -0.15) is 0 Å². The highest BCUT2D eigenvalue weighted by atomic mass is 16.4. The Labute approximate surface area is 173 Å². The highest BCUT2D eigenvalue weighted by molar-refractivity contribution is 5.92. The number of aromatic nitrogens is 2. The molecule has 0 spiro atoms. The molecule has 7 nitrogen and oxygen atoms in total. The second-order valence-electron chi connectivity index (χ2n) is 7.87. The molecule has 0 unspecified atom stereocenters. The van der Waals surface area contributed by atoms with Crippen LogP contribution in [0.25, 0.3) is 11.1 Å². The fourth-order valence-corrected chi connectivity index (χ4v) is 3.74. The Morgan fingerprint density at radius 2 is 1.73 bits per heavy atom. The molecule has 4 N–H and O–H groups in total. The van der Waals surface area contributed by atoms with Crippen molar-refractivity contribution in [2.24, 2.45) is 5.41 Å². The lowest BCUT2D eigenvalue weighted by Gasteiger charge is -2.22. The standard InChI is InChI=1S/C23H23N3O4/c27-20-13-19(25-26-20)21(28)24-18(14-23(10-11-23)22(29)30)12-15-6-8-17(9-7-15)16-4-2-1-3-5-16/h1-9,13,18H,10-12,14H2,(H,24,28)(H,29,30)(H2,25,26,27)/t18-/m0/s1. The average molecular weight is 405 g/mol. The molecule has 3 aromatic rings. The van der Waals surface area contributed by atoms with Crippen LogP contribution in [-0.2, 0) is 11.2 Å². The third-order valence-electron chi connectivity index (χ3n) is 5.63. The summed E-state index contributed by atoms with van der Waals surface area (Å²) in [6.45, 7) is 0. The number of carboxylic acids is 1. The first-order valence-corrected chi connectivity index (χ1v) is 9.88. The smallest absolute Gasteiger partial charge is 0.309 e. The van der Waals surface area contributed by atoms with E-state index in [1.807, 2.05) is 54.6 Å². The molecule has 0 saturated heterocycles. The Kier molecular flexibility index (Phi) is 5.27. The summed E-state index contributed by atoms with van der Waals surface area (Å²) in [6, 6.07) is 19.0. The Bertz CT molecular complexity index is 1040. The summed E-state index contributed by atoms with van der Waals surface area (Å²) in [7, 11) is 0. The quantitative estimate of drug-likeness (QED) is 0.459. The molecule has 1 aliphatic rings. The van der Waals surface area contributed by atoms with E-state index in [0.29, 0.717) is 25.7 Å². The number of nitrogens with zero attached hydrogens (tertiary/aromatic N) is 1. The molecule has 7 heteroatoms. The summed E-state index contributed by atoms with van der Waals surface area (Å²) < 4.78 is 0. The average Bonchev–Trinajstić information content (AvgIpc) is 3.40. The number of aromatic hydroxyl groups is 1. The van der Waals surface area contributed by atoms with Crippen LogP contribution in [0.15, 0.2) is 60.7 Å². The van der Waals surface area contributed by atoms with Gasteiger partial charge in [0.25, 0.3) is 5.91 Å². The molecular formula is C23H23N3O4. The van der Waals surface area contributed by atoms with Crippen molar-refractivity contribution in [1.82, 2.24) is 15.5 Å². The fourth-order valence-electron chi connectivity index (χ4n) is 3.74. The maximum atomic E-state index is 12.5. The molecule has 1 aliphatic carbocycles. The predicted octanol–water partition coefficient (Wildman–Crippen LogP) is 3.38. The molecule has 30 heavy (non-hydrogen) atoms. The van der Waals surface area contributed by atoms with Crippen molar-refractivity contribution >= 4 is 11.9 Å². The fraction of sp³-hybridized carbons (Fsp3) is 0.261. The summed E-state index contributed by atoms with van der Waals surface area (Å²) in [5.41, 5.74) is 2.59. The van der Waals surface area contributed by atoms with E-state index in [4.69, 9.17) is 0 Å². The molecule has 1 heterocycles. The minimum absolute atomic E-state index is 0.136. The summed E-state index contributed by atoms with van der Waals surface area (Å²) >= 11 is 0. The second kappa shape index (κ2) is 8.02. The van der Waals surface area contributed by atoms with Gasteiger partial charge in [0.1, 0.15) is 5.69 Å². The molecule has 1 amide bonds. The molecule has 1 atom stereocenters. The first-order valence-electron chi connectivity index (χ1n) is 9.88. The van der Waals surface area contributed by atoms with E-state index in [9.17, 15) is 19.8 Å². The molecule has 0 radical (unpaired) electrons. The van der Waals surface area contributed by atoms with E-state index in [0.717, 1.165) is 16.7 Å². The lowest BCUT2D eigenvalue weighted by molar-refractivity contribution is -0.143. The number of rotatable bonds is 8. The second-order valence-corrected chi connectivity index (χ2v) is 7.87.